The van der Waals surface area contributed by atoms with Crippen LogP contribution >= 0.6 is 0 Å². The van der Waals surface area contributed by atoms with Crippen molar-refractivity contribution in [1.29, 1.82) is 0 Å². The highest BCUT2D eigenvalue weighted by Gasteiger charge is 2.25. The average Bonchev–Trinajstić information content (AvgIpc) is 2.44. The monoisotopic (exact) mass is 194 g/mol. The quantitative estimate of drug-likeness (QED) is 0.659. The Kier molecular flexibility index (Phi) is 1.94. The maximum Gasteiger partial charge on any atom is 0.204 e. The third-order valence-corrected chi connectivity index (χ3v) is 2.56. The summed E-state index contributed by atoms with van der Waals surface area (Å²) in [5.41, 5.74) is 7.10. The van der Waals surface area contributed by atoms with Crippen molar-refractivity contribution in [1.82, 2.24) is 9.55 Å². The van der Waals surface area contributed by atoms with E-state index in [1.54, 1.807) is 0 Å². The molecule has 2 heterocycles. The van der Waals surface area contributed by atoms with E-state index in [2.05, 4.69) is 35.6 Å². The highest BCUT2D eigenvalue weighted by Crippen LogP contribution is 2.31. The van der Waals surface area contributed by atoms with Crippen molar-refractivity contribution in [2.75, 3.05) is 17.6 Å². The number of hydrogen-bond donors (Lipinski definition) is 2. The van der Waals surface area contributed by atoms with Gasteiger partial charge in [0.15, 0.2) is 0 Å². The summed E-state index contributed by atoms with van der Waals surface area (Å²) in [6.07, 6.45) is 1.12. The van der Waals surface area contributed by atoms with Gasteiger partial charge >= 0.3 is 0 Å². The van der Waals surface area contributed by atoms with Gasteiger partial charge in [-0.1, -0.05) is 20.8 Å². The zero-order valence-corrected chi connectivity index (χ0v) is 9.09. The van der Waals surface area contributed by atoms with Crippen LogP contribution in [-0.2, 0) is 12.0 Å². The Morgan fingerprint density at radius 3 is 2.71 bits per heavy atom. The van der Waals surface area contributed by atoms with Crippen molar-refractivity contribution in [3.05, 3.63) is 5.69 Å². The molecule has 0 unspecified atom stereocenters. The number of hydrogen-bond acceptors (Lipinski definition) is 3. The first-order valence-electron chi connectivity index (χ1n) is 5.10. The van der Waals surface area contributed by atoms with E-state index in [-0.39, 0.29) is 5.41 Å². The molecule has 0 bridgehead atoms. The standard InChI is InChI=1S/C10H18N4/c1-10(2,3)7-8(11)14-6-4-5-12-9(14)13-7/h4-6,11H2,1-3H3,(H,12,13). The number of aromatic nitrogens is 2. The molecule has 0 aliphatic carbocycles. The summed E-state index contributed by atoms with van der Waals surface area (Å²) < 4.78 is 2.07. The molecule has 0 atom stereocenters. The minimum Gasteiger partial charge on any atom is -0.383 e. The van der Waals surface area contributed by atoms with E-state index in [0.29, 0.717) is 0 Å². The van der Waals surface area contributed by atoms with E-state index in [1.807, 2.05) is 0 Å². The van der Waals surface area contributed by atoms with Crippen molar-refractivity contribution in [2.24, 2.45) is 0 Å². The van der Waals surface area contributed by atoms with E-state index in [4.69, 9.17) is 5.73 Å². The van der Waals surface area contributed by atoms with Crippen molar-refractivity contribution in [2.45, 2.75) is 39.2 Å². The Labute approximate surface area is 84.5 Å². The number of fused-ring (bicyclic) bond motifs is 1. The van der Waals surface area contributed by atoms with Crippen LogP contribution in [0.5, 0.6) is 0 Å². The second-order valence-electron chi connectivity index (χ2n) is 4.85. The summed E-state index contributed by atoms with van der Waals surface area (Å²) in [5, 5.41) is 3.27. The summed E-state index contributed by atoms with van der Waals surface area (Å²) in [7, 11) is 0. The summed E-state index contributed by atoms with van der Waals surface area (Å²) in [6, 6.07) is 0. The molecular weight excluding hydrogens is 176 g/mol. The van der Waals surface area contributed by atoms with Crippen LogP contribution in [0.4, 0.5) is 11.8 Å². The molecule has 14 heavy (non-hydrogen) atoms. The molecule has 78 valence electrons. The SMILES string of the molecule is CC(C)(C)c1nc2n(c1N)CCCN2. The number of nitrogen functional groups attached to an aromatic ring is 1. The number of nitrogens with one attached hydrogen (secondary N) is 1. The molecule has 0 radical (unpaired) electrons. The number of nitrogens with zero attached hydrogens (tertiary/aromatic N) is 2. The van der Waals surface area contributed by atoms with Gasteiger partial charge in [0.25, 0.3) is 0 Å². The third kappa shape index (κ3) is 1.35. The first-order chi connectivity index (χ1) is 6.50. The summed E-state index contributed by atoms with van der Waals surface area (Å²) in [4.78, 5) is 4.55. The molecule has 1 aromatic rings. The molecule has 1 aromatic heterocycles. The lowest BCUT2D eigenvalue weighted by atomic mass is 9.92. The first-order valence-corrected chi connectivity index (χ1v) is 5.10. The van der Waals surface area contributed by atoms with Crippen LogP contribution < -0.4 is 11.1 Å². The lowest BCUT2D eigenvalue weighted by Crippen LogP contribution is -2.18. The predicted octanol–water partition coefficient (Wildman–Crippen LogP) is 1.58. The molecular formula is C10H18N4. The summed E-state index contributed by atoms with van der Waals surface area (Å²) in [6.45, 7) is 8.39. The van der Waals surface area contributed by atoms with Gasteiger partial charge in [0.05, 0.1) is 5.69 Å². The number of anilines is 2. The molecule has 0 amide bonds. The number of nitrogens with two attached hydrogens (primary N) is 1. The molecule has 0 spiro atoms. The zero-order chi connectivity index (χ0) is 10.3. The zero-order valence-electron chi connectivity index (χ0n) is 9.09. The Bertz CT molecular complexity index is 346. The van der Waals surface area contributed by atoms with Gasteiger partial charge in [-0.05, 0) is 6.42 Å². The largest absolute Gasteiger partial charge is 0.383 e. The second-order valence-corrected chi connectivity index (χ2v) is 4.85. The Balaban J connectivity index is 2.49. The van der Waals surface area contributed by atoms with Crippen LogP contribution in [0, 0.1) is 0 Å². The lowest BCUT2D eigenvalue weighted by Gasteiger charge is -2.17. The molecule has 2 rings (SSSR count). The molecule has 1 aliphatic rings. The first kappa shape index (κ1) is 9.37. The minimum absolute atomic E-state index is 0.0239. The van der Waals surface area contributed by atoms with Gasteiger partial charge in [0.1, 0.15) is 5.82 Å². The molecule has 1 aliphatic heterocycles. The van der Waals surface area contributed by atoms with Gasteiger partial charge in [-0.25, -0.2) is 4.98 Å². The highest BCUT2D eigenvalue weighted by atomic mass is 15.3. The van der Waals surface area contributed by atoms with E-state index >= 15 is 0 Å². The van der Waals surface area contributed by atoms with Gasteiger partial charge in [-0.3, -0.25) is 4.57 Å². The van der Waals surface area contributed by atoms with E-state index < -0.39 is 0 Å². The fourth-order valence-electron chi connectivity index (χ4n) is 1.82. The van der Waals surface area contributed by atoms with Crippen LogP contribution in [0.15, 0.2) is 0 Å². The molecule has 4 nitrogen and oxygen atoms in total. The smallest absolute Gasteiger partial charge is 0.204 e. The van der Waals surface area contributed by atoms with Gasteiger partial charge in [-0.15, -0.1) is 0 Å². The van der Waals surface area contributed by atoms with E-state index in [0.717, 1.165) is 37.0 Å². The van der Waals surface area contributed by atoms with Gasteiger partial charge in [0.2, 0.25) is 5.95 Å². The topological polar surface area (TPSA) is 55.9 Å². The van der Waals surface area contributed by atoms with Crippen molar-refractivity contribution in [3.8, 4) is 0 Å². The van der Waals surface area contributed by atoms with Crippen molar-refractivity contribution >= 4 is 11.8 Å². The number of imidazole rings is 1. The third-order valence-electron chi connectivity index (χ3n) is 2.56. The normalized spacial score (nSPS) is 16.2. The molecule has 0 saturated heterocycles. The fraction of sp³-hybridized carbons (Fsp3) is 0.700. The molecule has 0 fully saturated rings. The second kappa shape index (κ2) is 2.90. The van der Waals surface area contributed by atoms with Crippen LogP contribution in [0.2, 0.25) is 0 Å². The van der Waals surface area contributed by atoms with E-state index in [1.165, 1.54) is 0 Å². The Morgan fingerprint density at radius 2 is 2.14 bits per heavy atom. The van der Waals surface area contributed by atoms with Crippen molar-refractivity contribution in [3.63, 3.8) is 0 Å². The van der Waals surface area contributed by atoms with Gasteiger partial charge in [0, 0.05) is 18.5 Å². The average molecular weight is 194 g/mol. The molecule has 0 aromatic carbocycles. The predicted molar refractivity (Wildman–Crippen MR) is 58.4 cm³/mol. The highest BCUT2D eigenvalue weighted by molar-refractivity contribution is 5.50. The molecule has 3 N–H and O–H groups in total. The Morgan fingerprint density at radius 1 is 1.43 bits per heavy atom. The van der Waals surface area contributed by atoms with Gasteiger partial charge in [-0.2, -0.15) is 0 Å². The van der Waals surface area contributed by atoms with Crippen LogP contribution in [0.3, 0.4) is 0 Å². The lowest BCUT2D eigenvalue weighted by molar-refractivity contribution is 0.574. The number of rotatable bonds is 0. The summed E-state index contributed by atoms with van der Waals surface area (Å²) in [5.74, 6) is 1.75. The Hall–Kier alpha value is -1.19. The molecule has 4 heteroatoms. The maximum atomic E-state index is 6.07. The molecule has 0 saturated carbocycles. The minimum atomic E-state index is 0.0239. The van der Waals surface area contributed by atoms with E-state index in [9.17, 15) is 0 Å². The summed E-state index contributed by atoms with van der Waals surface area (Å²) >= 11 is 0. The fourth-order valence-corrected chi connectivity index (χ4v) is 1.82. The van der Waals surface area contributed by atoms with Crippen molar-refractivity contribution < 1.29 is 0 Å². The van der Waals surface area contributed by atoms with Gasteiger partial charge < -0.3 is 11.1 Å². The van der Waals surface area contributed by atoms with Crippen LogP contribution in [0.25, 0.3) is 0 Å². The maximum absolute atomic E-state index is 6.07. The van der Waals surface area contributed by atoms with Crippen LogP contribution in [0.1, 0.15) is 32.9 Å². The van der Waals surface area contributed by atoms with Crippen LogP contribution in [-0.4, -0.2) is 16.1 Å².